The van der Waals surface area contributed by atoms with E-state index in [0.29, 0.717) is 22.0 Å². The Labute approximate surface area is 131 Å². The van der Waals surface area contributed by atoms with Crippen LogP contribution >= 0.6 is 23.2 Å². The highest BCUT2D eigenvalue weighted by atomic mass is 35.5. The van der Waals surface area contributed by atoms with Crippen molar-refractivity contribution in [2.45, 2.75) is 19.4 Å². The van der Waals surface area contributed by atoms with Crippen molar-refractivity contribution in [2.75, 3.05) is 0 Å². The topological polar surface area (TPSA) is 38.0 Å². The standard InChI is InChI=1S/C15H14Cl2F2N2/c1-8-4-11(14(19)7-13(8)18)15(21-20)6-9-5-10(16)2-3-12(9)17/h2-5,7,15,21H,6,20H2,1H3. The highest BCUT2D eigenvalue weighted by molar-refractivity contribution is 6.33. The van der Waals surface area contributed by atoms with Crippen LogP contribution in [-0.4, -0.2) is 0 Å². The molecule has 0 amide bonds. The minimum absolute atomic E-state index is 0.285. The molecule has 0 fully saturated rings. The molecule has 0 aliphatic rings. The monoisotopic (exact) mass is 330 g/mol. The van der Waals surface area contributed by atoms with Gasteiger partial charge in [0.25, 0.3) is 0 Å². The first-order valence-corrected chi connectivity index (χ1v) is 7.03. The van der Waals surface area contributed by atoms with Gasteiger partial charge in [0.15, 0.2) is 0 Å². The number of nitrogens with one attached hydrogen (secondary N) is 1. The molecule has 0 saturated heterocycles. The van der Waals surface area contributed by atoms with Gasteiger partial charge in [0.1, 0.15) is 11.6 Å². The zero-order valence-corrected chi connectivity index (χ0v) is 12.8. The van der Waals surface area contributed by atoms with Crippen molar-refractivity contribution < 1.29 is 8.78 Å². The molecule has 112 valence electrons. The molecule has 3 N–H and O–H groups in total. The van der Waals surface area contributed by atoms with Crippen LogP contribution in [0.15, 0.2) is 30.3 Å². The molecule has 1 atom stereocenters. The Bertz CT molecular complexity index is 662. The summed E-state index contributed by atoms with van der Waals surface area (Å²) in [7, 11) is 0. The van der Waals surface area contributed by atoms with Gasteiger partial charge < -0.3 is 0 Å². The van der Waals surface area contributed by atoms with Gasteiger partial charge in [-0.1, -0.05) is 23.2 Å². The highest BCUT2D eigenvalue weighted by Crippen LogP contribution is 2.28. The third-order valence-corrected chi connectivity index (χ3v) is 3.89. The van der Waals surface area contributed by atoms with Gasteiger partial charge in [-0.05, 0) is 48.7 Å². The van der Waals surface area contributed by atoms with E-state index in [2.05, 4.69) is 5.43 Å². The molecule has 0 aliphatic carbocycles. The minimum Gasteiger partial charge on any atom is -0.271 e. The lowest BCUT2D eigenvalue weighted by atomic mass is 9.97. The summed E-state index contributed by atoms with van der Waals surface area (Å²) in [5.74, 6) is 4.27. The van der Waals surface area contributed by atoms with E-state index < -0.39 is 17.7 Å². The van der Waals surface area contributed by atoms with Crippen LogP contribution in [0.2, 0.25) is 10.0 Å². The zero-order valence-electron chi connectivity index (χ0n) is 11.3. The van der Waals surface area contributed by atoms with E-state index >= 15 is 0 Å². The van der Waals surface area contributed by atoms with E-state index in [1.165, 1.54) is 6.07 Å². The summed E-state index contributed by atoms with van der Waals surface area (Å²) in [5.41, 5.74) is 3.90. The van der Waals surface area contributed by atoms with Gasteiger partial charge in [0, 0.05) is 21.7 Å². The van der Waals surface area contributed by atoms with E-state index in [-0.39, 0.29) is 5.56 Å². The second-order valence-electron chi connectivity index (χ2n) is 4.78. The van der Waals surface area contributed by atoms with E-state index in [9.17, 15) is 8.78 Å². The van der Waals surface area contributed by atoms with Gasteiger partial charge in [0.2, 0.25) is 0 Å². The lowest BCUT2D eigenvalue weighted by molar-refractivity contribution is 0.500. The van der Waals surface area contributed by atoms with E-state index in [1.54, 1.807) is 25.1 Å². The lowest BCUT2D eigenvalue weighted by Gasteiger charge is -2.19. The summed E-state index contributed by atoms with van der Waals surface area (Å²) < 4.78 is 27.3. The van der Waals surface area contributed by atoms with Crippen LogP contribution in [-0.2, 0) is 6.42 Å². The molecule has 2 nitrogen and oxygen atoms in total. The molecule has 6 heteroatoms. The number of nitrogens with two attached hydrogens (primary N) is 1. The molecule has 0 aromatic heterocycles. The number of hydrazine groups is 1. The quantitative estimate of drug-likeness (QED) is 0.647. The molecule has 0 heterocycles. The van der Waals surface area contributed by atoms with Crippen LogP contribution < -0.4 is 11.3 Å². The van der Waals surface area contributed by atoms with Crippen LogP contribution in [0.3, 0.4) is 0 Å². The van der Waals surface area contributed by atoms with Crippen molar-refractivity contribution in [1.82, 2.24) is 5.43 Å². The number of rotatable bonds is 4. The van der Waals surface area contributed by atoms with Crippen LogP contribution in [0.25, 0.3) is 0 Å². The maximum absolute atomic E-state index is 14.0. The number of hydrogen-bond acceptors (Lipinski definition) is 2. The molecular formula is C15H14Cl2F2N2. The Morgan fingerprint density at radius 1 is 1.14 bits per heavy atom. The Balaban J connectivity index is 2.36. The number of benzene rings is 2. The molecular weight excluding hydrogens is 317 g/mol. The Morgan fingerprint density at radius 3 is 2.52 bits per heavy atom. The summed E-state index contributed by atoms with van der Waals surface area (Å²) in [6.07, 6.45) is 0.331. The summed E-state index contributed by atoms with van der Waals surface area (Å²) in [5, 5.41) is 1.04. The number of hydrogen-bond donors (Lipinski definition) is 2. The highest BCUT2D eigenvalue weighted by Gasteiger charge is 2.18. The SMILES string of the molecule is Cc1cc(C(Cc2cc(Cl)ccc2Cl)NN)c(F)cc1F. The summed E-state index contributed by atoms with van der Waals surface area (Å²) in [4.78, 5) is 0. The van der Waals surface area contributed by atoms with Crippen molar-refractivity contribution in [3.8, 4) is 0 Å². The number of halogens is 4. The van der Waals surface area contributed by atoms with Crippen LogP contribution in [0.5, 0.6) is 0 Å². The largest absolute Gasteiger partial charge is 0.271 e. The average molecular weight is 331 g/mol. The Morgan fingerprint density at radius 2 is 1.86 bits per heavy atom. The smallest absolute Gasteiger partial charge is 0.130 e. The third kappa shape index (κ3) is 3.71. The van der Waals surface area contributed by atoms with Gasteiger partial charge in [-0.25, -0.2) is 8.78 Å². The van der Waals surface area contributed by atoms with Crippen molar-refractivity contribution in [1.29, 1.82) is 0 Å². The van der Waals surface area contributed by atoms with Crippen molar-refractivity contribution in [2.24, 2.45) is 5.84 Å². The van der Waals surface area contributed by atoms with Gasteiger partial charge in [-0.15, -0.1) is 0 Å². The average Bonchev–Trinajstić information content (AvgIpc) is 2.44. The van der Waals surface area contributed by atoms with Gasteiger partial charge in [0.05, 0.1) is 6.04 Å². The van der Waals surface area contributed by atoms with Crippen LogP contribution in [0, 0.1) is 18.6 Å². The van der Waals surface area contributed by atoms with Crippen LogP contribution in [0.4, 0.5) is 8.78 Å². The van der Waals surface area contributed by atoms with Gasteiger partial charge >= 0.3 is 0 Å². The molecule has 0 aliphatic heterocycles. The summed E-state index contributed by atoms with van der Waals surface area (Å²) >= 11 is 12.0. The number of aryl methyl sites for hydroxylation is 1. The maximum atomic E-state index is 14.0. The fourth-order valence-electron chi connectivity index (χ4n) is 2.12. The van der Waals surface area contributed by atoms with Crippen molar-refractivity contribution in [3.63, 3.8) is 0 Å². The van der Waals surface area contributed by atoms with E-state index in [4.69, 9.17) is 29.0 Å². The summed E-state index contributed by atoms with van der Waals surface area (Å²) in [6, 6.07) is 6.78. The first kappa shape index (κ1) is 16.2. The van der Waals surface area contributed by atoms with Gasteiger partial charge in [-0.3, -0.25) is 11.3 Å². The fourth-order valence-corrected chi connectivity index (χ4v) is 2.51. The Kier molecular flexibility index (Phi) is 5.17. The molecule has 0 saturated carbocycles. The Hall–Kier alpha value is -1.20. The molecule has 0 bridgehead atoms. The molecule has 0 spiro atoms. The van der Waals surface area contributed by atoms with Gasteiger partial charge in [-0.2, -0.15) is 0 Å². The fraction of sp³-hybridized carbons (Fsp3) is 0.200. The predicted octanol–water partition coefficient (Wildman–Crippen LogP) is 4.33. The third-order valence-electron chi connectivity index (χ3n) is 3.29. The second-order valence-corrected chi connectivity index (χ2v) is 5.63. The van der Waals surface area contributed by atoms with Crippen molar-refractivity contribution >= 4 is 23.2 Å². The lowest BCUT2D eigenvalue weighted by Crippen LogP contribution is -2.30. The normalized spacial score (nSPS) is 12.5. The zero-order chi connectivity index (χ0) is 15.6. The summed E-state index contributed by atoms with van der Waals surface area (Å²) in [6.45, 7) is 1.57. The molecule has 21 heavy (non-hydrogen) atoms. The predicted molar refractivity (Wildman–Crippen MR) is 81.3 cm³/mol. The molecule has 2 aromatic carbocycles. The van der Waals surface area contributed by atoms with E-state index in [1.807, 2.05) is 0 Å². The van der Waals surface area contributed by atoms with Crippen LogP contribution in [0.1, 0.15) is 22.7 Å². The molecule has 2 aromatic rings. The maximum Gasteiger partial charge on any atom is 0.130 e. The minimum atomic E-state index is -0.654. The van der Waals surface area contributed by atoms with E-state index in [0.717, 1.165) is 11.6 Å². The molecule has 1 unspecified atom stereocenters. The molecule has 2 rings (SSSR count). The second kappa shape index (κ2) is 6.71. The van der Waals surface area contributed by atoms with Crippen molar-refractivity contribution in [3.05, 3.63) is 68.7 Å². The molecule has 0 radical (unpaired) electrons. The first-order valence-electron chi connectivity index (χ1n) is 6.28. The first-order chi connectivity index (χ1) is 9.92.